The van der Waals surface area contributed by atoms with E-state index in [1.54, 1.807) is 24.3 Å². The molecule has 0 atom stereocenters. The summed E-state index contributed by atoms with van der Waals surface area (Å²) in [5, 5.41) is 9.11. The molecule has 1 aromatic carbocycles. The van der Waals surface area contributed by atoms with Gasteiger partial charge in [-0.25, -0.2) is 4.98 Å². The molecule has 0 amide bonds. The summed E-state index contributed by atoms with van der Waals surface area (Å²) in [6, 6.07) is 6.72. The zero-order valence-corrected chi connectivity index (χ0v) is 8.47. The highest BCUT2D eigenvalue weighted by Crippen LogP contribution is 2.11. The van der Waals surface area contributed by atoms with Gasteiger partial charge in [-0.05, 0) is 17.7 Å². The minimum atomic E-state index is -0.330. The van der Waals surface area contributed by atoms with E-state index in [0.29, 0.717) is 12.2 Å². The molecule has 0 aliphatic heterocycles. The fourth-order valence-electron chi connectivity index (χ4n) is 1.34. The second-order valence-electron chi connectivity index (χ2n) is 3.46. The van der Waals surface area contributed by atoms with Gasteiger partial charge in [-0.1, -0.05) is 12.1 Å². The maximum Gasteiger partial charge on any atom is 0.274 e. The Bertz CT molecular complexity index is 546. The number of nitrogens with two attached hydrogens (primary N) is 1. The van der Waals surface area contributed by atoms with Crippen LogP contribution in [0.15, 0.2) is 35.3 Å². The molecule has 0 saturated heterocycles. The maximum atomic E-state index is 11.2. The number of anilines is 1. The monoisotopic (exact) mass is 217 g/mol. The van der Waals surface area contributed by atoms with Crippen LogP contribution in [-0.4, -0.2) is 15.1 Å². The van der Waals surface area contributed by atoms with Crippen LogP contribution in [0.4, 0.5) is 5.69 Å². The van der Waals surface area contributed by atoms with E-state index in [9.17, 15) is 4.79 Å². The van der Waals surface area contributed by atoms with Crippen molar-refractivity contribution >= 4 is 5.69 Å². The molecule has 0 aliphatic rings. The Kier molecular flexibility index (Phi) is 2.59. The predicted molar refractivity (Wildman–Crippen MR) is 60.2 cm³/mol. The van der Waals surface area contributed by atoms with Crippen LogP contribution in [0.5, 0.6) is 5.75 Å². The van der Waals surface area contributed by atoms with Gasteiger partial charge in [0.15, 0.2) is 0 Å². The van der Waals surface area contributed by atoms with Gasteiger partial charge in [-0.3, -0.25) is 4.79 Å². The Labute approximate surface area is 91.6 Å². The highest BCUT2D eigenvalue weighted by atomic mass is 16.3. The molecule has 5 nitrogen and oxygen atoms in total. The van der Waals surface area contributed by atoms with Crippen molar-refractivity contribution in [3.63, 3.8) is 0 Å². The summed E-state index contributed by atoms with van der Waals surface area (Å²) in [6.45, 7) is 0. The van der Waals surface area contributed by atoms with Crippen molar-refractivity contribution in [1.29, 1.82) is 0 Å². The summed E-state index contributed by atoms with van der Waals surface area (Å²) in [5.74, 6) is 0.757. The van der Waals surface area contributed by atoms with E-state index in [4.69, 9.17) is 10.8 Å². The van der Waals surface area contributed by atoms with Crippen LogP contribution in [0.3, 0.4) is 0 Å². The number of hydrogen-bond acceptors (Lipinski definition) is 4. The second kappa shape index (κ2) is 4.06. The van der Waals surface area contributed by atoms with E-state index < -0.39 is 0 Å². The number of aromatic hydroxyl groups is 1. The number of rotatable bonds is 2. The molecule has 0 saturated carbocycles. The van der Waals surface area contributed by atoms with Crippen LogP contribution in [-0.2, 0) is 6.42 Å². The molecule has 2 rings (SSSR count). The molecule has 4 N–H and O–H groups in total. The number of aromatic nitrogens is 2. The largest absolute Gasteiger partial charge is 0.508 e. The fourth-order valence-corrected chi connectivity index (χ4v) is 1.34. The maximum absolute atomic E-state index is 11.2. The molecule has 1 heterocycles. The number of phenolic OH excluding ortho intramolecular Hbond substituents is 1. The first-order valence-electron chi connectivity index (χ1n) is 4.77. The molecule has 0 spiro atoms. The van der Waals surface area contributed by atoms with Gasteiger partial charge in [0, 0.05) is 6.42 Å². The molecule has 1 aromatic heterocycles. The Balaban J connectivity index is 2.24. The first-order chi connectivity index (χ1) is 7.65. The molecule has 2 aromatic rings. The van der Waals surface area contributed by atoms with E-state index in [1.165, 1.54) is 6.20 Å². The number of benzene rings is 1. The van der Waals surface area contributed by atoms with Crippen LogP contribution in [0.1, 0.15) is 11.4 Å². The quantitative estimate of drug-likeness (QED) is 0.688. The summed E-state index contributed by atoms with van der Waals surface area (Å²) < 4.78 is 0. The number of hydrogen-bond donors (Lipinski definition) is 3. The second-order valence-corrected chi connectivity index (χ2v) is 3.46. The third-order valence-electron chi connectivity index (χ3n) is 2.19. The van der Waals surface area contributed by atoms with Crippen molar-refractivity contribution in [2.45, 2.75) is 6.42 Å². The molecule has 5 heteroatoms. The normalized spacial score (nSPS) is 10.2. The molecular formula is C11H11N3O2. The molecule has 0 fully saturated rings. The van der Waals surface area contributed by atoms with Crippen molar-refractivity contribution < 1.29 is 5.11 Å². The van der Waals surface area contributed by atoms with Crippen molar-refractivity contribution in [2.75, 3.05) is 5.73 Å². The Morgan fingerprint density at radius 3 is 2.62 bits per heavy atom. The molecule has 0 unspecified atom stereocenters. The zero-order valence-electron chi connectivity index (χ0n) is 8.47. The Morgan fingerprint density at radius 1 is 1.31 bits per heavy atom. The number of nitrogen functional groups attached to an aromatic ring is 1. The number of aromatic amines is 1. The van der Waals surface area contributed by atoms with Crippen LogP contribution in [0.2, 0.25) is 0 Å². The number of H-pyrrole nitrogens is 1. The summed E-state index contributed by atoms with van der Waals surface area (Å²) in [4.78, 5) is 17.8. The van der Waals surface area contributed by atoms with Gasteiger partial charge in [0.05, 0.1) is 6.20 Å². The average molecular weight is 217 g/mol. The Hall–Kier alpha value is -2.30. The van der Waals surface area contributed by atoms with Crippen molar-refractivity contribution in [3.8, 4) is 5.75 Å². The molecule has 0 aliphatic carbocycles. The van der Waals surface area contributed by atoms with Crippen LogP contribution in [0.25, 0.3) is 0 Å². The van der Waals surface area contributed by atoms with E-state index in [-0.39, 0.29) is 17.0 Å². The third-order valence-corrected chi connectivity index (χ3v) is 2.19. The number of phenols is 1. The van der Waals surface area contributed by atoms with E-state index >= 15 is 0 Å². The smallest absolute Gasteiger partial charge is 0.274 e. The topological polar surface area (TPSA) is 92.0 Å². The van der Waals surface area contributed by atoms with Gasteiger partial charge < -0.3 is 15.8 Å². The SMILES string of the molecule is Nc1cnc(Cc2ccc(O)cc2)[nH]c1=O. The predicted octanol–water partition coefficient (Wildman–Crippen LogP) is 0.649. The van der Waals surface area contributed by atoms with E-state index in [2.05, 4.69) is 9.97 Å². The molecule has 82 valence electrons. The third kappa shape index (κ3) is 2.20. The fraction of sp³-hybridized carbons (Fsp3) is 0.0909. The van der Waals surface area contributed by atoms with Gasteiger partial charge in [0.2, 0.25) is 0 Å². The zero-order chi connectivity index (χ0) is 11.5. The first-order valence-corrected chi connectivity index (χ1v) is 4.77. The minimum absolute atomic E-state index is 0.106. The summed E-state index contributed by atoms with van der Waals surface area (Å²) in [5.41, 5.74) is 6.09. The molecular weight excluding hydrogens is 206 g/mol. The summed E-state index contributed by atoms with van der Waals surface area (Å²) in [6.07, 6.45) is 1.84. The first kappa shape index (κ1) is 10.2. The standard InChI is InChI=1S/C11H11N3O2/c12-9-6-13-10(14-11(9)16)5-7-1-3-8(15)4-2-7/h1-4,6,15H,5,12H2,(H,13,14,16). The lowest BCUT2D eigenvalue weighted by molar-refractivity contribution is 0.475. The van der Waals surface area contributed by atoms with Gasteiger partial charge >= 0.3 is 0 Å². The summed E-state index contributed by atoms with van der Waals surface area (Å²) in [7, 11) is 0. The van der Waals surface area contributed by atoms with Crippen molar-refractivity contribution in [3.05, 3.63) is 52.2 Å². The van der Waals surface area contributed by atoms with Crippen LogP contribution in [0, 0.1) is 0 Å². The molecule has 16 heavy (non-hydrogen) atoms. The van der Waals surface area contributed by atoms with Crippen LogP contribution < -0.4 is 11.3 Å². The van der Waals surface area contributed by atoms with Gasteiger partial charge in [-0.2, -0.15) is 0 Å². The van der Waals surface area contributed by atoms with Gasteiger partial charge in [-0.15, -0.1) is 0 Å². The lowest BCUT2D eigenvalue weighted by Crippen LogP contribution is -2.15. The minimum Gasteiger partial charge on any atom is -0.508 e. The average Bonchev–Trinajstić information content (AvgIpc) is 2.27. The van der Waals surface area contributed by atoms with E-state index in [0.717, 1.165) is 5.56 Å². The number of nitrogens with zero attached hydrogens (tertiary/aromatic N) is 1. The van der Waals surface area contributed by atoms with Crippen molar-refractivity contribution in [1.82, 2.24) is 9.97 Å². The highest BCUT2D eigenvalue weighted by molar-refractivity contribution is 5.32. The lowest BCUT2D eigenvalue weighted by Gasteiger charge is -2.01. The Morgan fingerprint density at radius 2 is 2.00 bits per heavy atom. The van der Waals surface area contributed by atoms with Crippen LogP contribution >= 0.6 is 0 Å². The van der Waals surface area contributed by atoms with Gasteiger partial charge in [0.25, 0.3) is 5.56 Å². The van der Waals surface area contributed by atoms with E-state index in [1.807, 2.05) is 0 Å². The lowest BCUT2D eigenvalue weighted by atomic mass is 10.1. The van der Waals surface area contributed by atoms with Gasteiger partial charge in [0.1, 0.15) is 17.3 Å². The summed E-state index contributed by atoms with van der Waals surface area (Å²) >= 11 is 0. The number of nitrogens with one attached hydrogen (secondary N) is 1. The molecule has 0 bridgehead atoms. The molecule has 0 radical (unpaired) electrons. The highest BCUT2D eigenvalue weighted by Gasteiger charge is 2.00. The van der Waals surface area contributed by atoms with Crippen molar-refractivity contribution in [2.24, 2.45) is 0 Å².